The van der Waals surface area contributed by atoms with Crippen molar-refractivity contribution in [2.45, 2.75) is 18.9 Å². The fraction of sp³-hybridized carbons (Fsp3) is 0.357. The van der Waals surface area contributed by atoms with Crippen molar-refractivity contribution < 1.29 is 14.7 Å². The highest BCUT2D eigenvalue weighted by atomic mass is 16.4. The standard InChI is InChI=1S/C14H15N3O3/c1-16-7-10(3-5-13(16)18)17-8-15-11-6-9(14(19)20)2-4-12(11)17/h2,4,6,8,10H,3,5,7H2,1H3,(H,19,20). The molecule has 104 valence electrons. The summed E-state index contributed by atoms with van der Waals surface area (Å²) in [5.74, 6) is -0.789. The average Bonchev–Trinajstić information content (AvgIpc) is 2.84. The lowest BCUT2D eigenvalue weighted by Crippen LogP contribution is -2.37. The molecule has 1 saturated heterocycles. The van der Waals surface area contributed by atoms with Crippen molar-refractivity contribution in [3.8, 4) is 0 Å². The summed E-state index contributed by atoms with van der Waals surface area (Å²) in [4.78, 5) is 28.5. The molecule has 6 heteroatoms. The zero-order chi connectivity index (χ0) is 14.3. The number of carbonyl (C=O) groups excluding carboxylic acids is 1. The molecule has 2 heterocycles. The van der Waals surface area contributed by atoms with Gasteiger partial charge in [-0.25, -0.2) is 9.78 Å². The van der Waals surface area contributed by atoms with Crippen LogP contribution < -0.4 is 0 Å². The number of nitrogens with zero attached hydrogens (tertiary/aromatic N) is 3. The van der Waals surface area contributed by atoms with Gasteiger partial charge in [0.25, 0.3) is 0 Å². The predicted octanol–water partition coefficient (Wildman–Crippen LogP) is 1.53. The van der Waals surface area contributed by atoms with Crippen molar-refractivity contribution >= 4 is 22.9 Å². The van der Waals surface area contributed by atoms with Gasteiger partial charge in [-0.1, -0.05) is 0 Å². The maximum atomic E-state index is 11.5. The Kier molecular flexibility index (Phi) is 2.93. The zero-order valence-electron chi connectivity index (χ0n) is 11.1. The van der Waals surface area contributed by atoms with Gasteiger partial charge in [0.1, 0.15) is 0 Å². The van der Waals surface area contributed by atoms with Crippen molar-refractivity contribution in [2.24, 2.45) is 0 Å². The highest BCUT2D eigenvalue weighted by Crippen LogP contribution is 2.26. The van der Waals surface area contributed by atoms with Gasteiger partial charge in [0, 0.05) is 20.0 Å². The minimum Gasteiger partial charge on any atom is -0.478 e. The highest BCUT2D eigenvalue weighted by molar-refractivity contribution is 5.92. The molecule has 6 nitrogen and oxygen atoms in total. The van der Waals surface area contributed by atoms with E-state index in [2.05, 4.69) is 4.98 Å². The number of fused-ring (bicyclic) bond motifs is 1. The van der Waals surface area contributed by atoms with Crippen LogP contribution in [0, 0.1) is 0 Å². The monoisotopic (exact) mass is 273 g/mol. The summed E-state index contributed by atoms with van der Waals surface area (Å²) >= 11 is 0. The summed E-state index contributed by atoms with van der Waals surface area (Å²) < 4.78 is 2.03. The van der Waals surface area contributed by atoms with Crippen LogP contribution in [0.4, 0.5) is 0 Å². The third-order valence-corrected chi connectivity index (χ3v) is 3.82. The van der Waals surface area contributed by atoms with Crippen molar-refractivity contribution in [1.29, 1.82) is 0 Å². The Morgan fingerprint density at radius 3 is 2.95 bits per heavy atom. The van der Waals surface area contributed by atoms with Crippen molar-refractivity contribution in [3.05, 3.63) is 30.1 Å². The van der Waals surface area contributed by atoms with E-state index in [1.54, 1.807) is 36.5 Å². The SMILES string of the molecule is CN1CC(n2cnc3cc(C(=O)O)ccc32)CCC1=O. The van der Waals surface area contributed by atoms with E-state index in [9.17, 15) is 9.59 Å². The highest BCUT2D eigenvalue weighted by Gasteiger charge is 2.25. The second-order valence-electron chi connectivity index (χ2n) is 5.13. The van der Waals surface area contributed by atoms with E-state index in [0.29, 0.717) is 18.5 Å². The largest absolute Gasteiger partial charge is 0.478 e. The fourth-order valence-corrected chi connectivity index (χ4v) is 2.67. The Morgan fingerprint density at radius 1 is 1.45 bits per heavy atom. The molecule has 1 aromatic heterocycles. The molecule has 1 amide bonds. The number of carboxylic acids is 1. The molecule has 1 aliphatic rings. The van der Waals surface area contributed by atoms with E-state index in [1.807, 2.05) is 4.57 Å². The summed E-state index contributed by atoms with van der Waals surface area (Å²) in [6.07, 6.45) is 3.05. The van der Waals surface area contributed by atoms with E-state index < -0.39 is 5.97 Å². The van der Waals surface area contributed by atoms with Crippen molar-refractivity contribution in [2.75, 3.05) is 13.6 Å². The van der Waals surface area contributed by atoms with Gasteiger partial charge >= 0.3 is 5.97 Å². The van der Waals surface area contributed by atoms with E-state index in [-0.39, 0.29) is 17.5 Å². The molecule has 3 rings (SSSR count). The van der Waals surface area contributed by atoms with Crippen molar-refractivity contribution in [3.63, 3.8) is 0 Å². The number of carbonyl (C=O) groups is 2. The van der Waals surface area contributed by atoms with E-state index >= 15 is 0 Å². The van der Waals surface area contributed by atoms with Crippen LogP contribution in [0.25, 0.3) is 11.0 Å². The summed E-state index contributed by atoms with van der Waals surface area (Å²) in [5, 5.41) is 8.98. The van der Waals surface area contributed by atoms with Crippen LogP contribution in [-0.4, -0.2) is 45.0 Å². The van der Waals surface area contributed by atoms with Crippen LogP contribution in [0.1, 0.15) is 29.2 Å². The van der Waals surface area contributed by atoms with E-state index in [1.165, 1.54) is 0 Å². The van der Waals surface area contributed by atoms with Crippen LogP contribution in [0.2, 0.25) is 0 Å². The van der Waals surface area contributed by atoms with Crippen LogP contribution >= 0.6 is 0 Å². The number of likely N-dealkylation sites (tertiary alicyclic amines) is 1. The van der Waals surface area contributed by atoms with Gasteiger partial charge in [-0.3, -0.25) is 4.79 Å². The van der Waals surface area contributed by atoms with Gasteiger partial charge in [0.15, 0.2) is 0 Å². The molecule has 1 aromatic carbocycles. The number of aromatic carboxylic acids is 1. The van der Waals surface area contributed by atoms with Gasteiger partial charge in [0.05, 0.1) is 29.0 Å². The number of imidazole rings is 1. The van der Waals surface area contributed by atoms with Gasteiger partial charge < -0.3 is 14.6 Å². The lowest BCUT2D eigenvalue weighted by atomic mass is 10.1. The molecule has 1 aliphatic heterocycles. The Bertz CT molecular complexity index is 692. The average molecular weight is 273 g/mol. The molecular weight excluding hydrogens is 258 g/mol. The minimum atomic E-state index is -0.954. The predicted molar refractivity (Wildman–Crippen MR) is 72.6 cm³/mol. The van der Waals surface area contributed by atoms with Crippen LogP contribution in [0.3, 0.4) is 0 Å². The second kappa shape index (κ2) is 4.63. The molecule has 2 aromatic rings. The van der Waals surface area contributed by atoms with Crippen LogP contribution in [-0.2, 0) is 4.79 Å². The lowest BCUT2D eigenvalue weighted by Gasteiger charge is -2.30. The molecule has 0 radical (unpaired) electrons. The Labute approximate surface area is 115 Å². The molecule has 20 heavy (non-hydrogen) atoms. The number of rotatable bonds is 2. The first-order valence-corrected chi connectivity index (χ1v) is 6.50. The summed E-state index contributed by atoms with van der Waals surface area (Å²) in [7, 11) is 1.80. The summed E-state index contributed by atoms with van der Waals surface area (Å²) in [6.45, 7) is 0.658. The number of hydrogen-bond acceptors (Lipinski definition) is 3. The maximum absolute atomic E-state index is 11.5. The lowest BCUT2D eigenvalue weighted by molar-refractivity contribution is -0.132. The number of carboxylic acid groups (broad SMARTS) is 1. The van der Waals surface area contributed by atoms with E-state index in [0.717, 1.165) is 11.9 Å². The van der Waals surface area contributed by atoms with Gasteiger partial charge in [-0.05, 0) is 24.6 Å². The number of benzene rings is 1. The first-order chi connectivity index (χ1) is 9.56. The van der Waals surface area contributed by atoms with Gasteiger partial charge in [-0.15, -0.1) is 0 Å². The summed E-state index contributed by atoms with van der Waals surface area (Å²) in [6, 6.07) is 5.13. The van der Waals surface area contributed by atoms with E-state index in [4.69, 9.17) is 5.11 Å². The molecular formula is C14H15N3O3. The van der Waals surface area contributed by atoms with Gasteiger partial charge in [0.2, 0.25) is 5.91 Å². The van der Waals surface area contributed by atoms with Gasteiger partial charge in [-0.2, -0.15) is 0 Å². The normalized spacial score (nSPS) is 19.6. The third kappa shape index (κ3) is 2.03. The molecule has 0 aliphatic carbocycles. The minimum absolute atomic E-state index is 0.166. The number of aromatic nitrogens is 2. The zero-order valence-corrected chi connectivity index (χ0v) is 11.1. The Balaban J connectivity index is 1.97. The topological polar surface area (TPSA) is 75.4 Å². The third-order valence-electron chi connectivity index (χ3n) is 3.82. The van der Waals surface area contributed by atoms with Crippen molar-refractivity contribution in [1.82, 2.24) is 14.5 Å². The molecule has 0 bridgehead atoms. The number of amides is 1. The first-order valence-electron chi connectivity index (χ1n) is 6.50. The van der Waals surface area contributed by atoms with Crippen LogP contribution in [0.15, 0.2) is 24.5 Å². The number of piperidine rings is 1. The first kappa shape index (κ1) is 12.7. The molecule has 1 N–H and O–H groups in total. The molecule has 0 spiro atoms. The second-order valence-corrected chi connectivity index (χ2v) is 5.13. The maximum Gasteiger partial charge on any atom is 0.335 e. The Morgan fingerprint density at radius 2 is 2.25 bits per heavy atom. The smallest absolute Gasteiger partial charge is 0.335 e. The Hall–Kier alpha value is -2.37. The molecule has 0 saturated carbocycles. The number of hydrogen-bond donors (Lipinski definition) is 1. The number of likely N-dealkylation sites (N-methyl/N-ethyl adjacent to an activating group) is 1. The van der Waals surface area contributed by atoms with Crippen LogP contribution in [0.5, 0.6) is 0 Å². The molecule has 1 unspecified atom stereocenters. The summed E-state index contributed by atoms with van der Waals surface area (Å²) in [5.41, 5.74) is 1.81. The molecule has 1 fully saturated rings. The molecule has 1 atom stereocenters. The fourth-order valence-electron chi connectivity index (χ4n) is 2.67. The quantitative estimate of drug-likeness (QED) is 0.900.